The Morgan fingerprint density at radius 3 is 2.62 bits per heavy atom. The lowest BCUT2D eigenvalue weighted by molar-refractivity contribution is 1.05. The van der Waals surface area contributed by atoms with Gasteiger partial charge >= 0.3 is 0 Å². The Labute approximate surface area is 94.2 Å². The van der Waals surface area contributed by atoms with Gasteiger partial charge in [0, 0.05) is 17.5 Å². The Hall–Kier alpha value is -2.03. The maximum Gasteiger partial charge on any atom is 0.160 e. The Kier molecular flexibility index (Phi) is 1.86. The molecule has 0 bridgehead atoms. The third kappa shape index (κ3) is 0.999. The van der Waals surface area contributed by atoms with Crippen LogP contribution in [0.4, 0.5) is 5.69 Å². The average Bonchev–Trinajstić information content (AvgIpc) is 2.65. The van der Waals surface area contributed by atoms with Crippen molar-refractivity contribution in [2.45, 2.75) is 6.92 Å². The lowest BCUT2D eigenvalue weighted by Crippen LogP contribution is -2.28. The predicted octanol–water partition coefficient (Wildman–Crippen LogP) is 2.30. The van der Waals surface area contributed by atoms with Crippen molar-refractivity contribution in [2.75, 3.05) is 11.4 Å². The highest BCUT2D eigenvalue weighted by molar-refractivity contribution is 6.27. The molecule has 80 valence electrons. The fourth-order valence-electron chi connectivity index (χ4n) is 2.45. The first-order valence-electron chi connectivity index (χ1n) is 5.44. The Morgan fingerprint density at radius 1 is 1.19 bits per heavy atom. The Bertz CT molecular complexity index is 581. The summed E-state index contributed by atoms with van der Waals surface area (Å²) in [7, 11) is 0. The van der Waals surface area contributed by atoms with Crippen LogP contribution in [0.25, 0.3) is 10.8 Å². The molecule has 2 aromatic carbocycles. The molecule has 0 atom stereocenters. The van der Waals surface area contributed by atoms with E-state index in [2.05, 4.69) is 47.3 Å². The van der Waals surface area contributed by atoms with Crippen LogP contribution in [0.1, 0.15) is 12.5 Å². The van der Waals surface area contributed by atoms with Crippen LogP contribution in [0.2, 0.25) is 0 Å². The van der Waals surface area contributed by atoms with Crippen LogP contribution < -0.4 is 10.7 Å². The molecule has 3 rings (SSSR count). The Morgan fingerprint density at radius 2 is 1.94 bits per heavy atom. The summed E-state index contributed by atoms with van der Waals surface area (Å²) >= 11 is 0. The van der Waals surface area contributed by atoms with Crippen LogP contribution in [-0.4, -0.2) is 12.4 Å². The molecule has 2 N–H and O–H groups in total. The van der Waals surface area contributed by atoms with Gasteiger partial charge in [-0.2, -0.15) is 5.10 Å². The molecule has 0 spiro atoms. The number of anilines is 1. The third-order valence-electron chi connectivity index (χ3n) is 3.11. The number of amidine groups is 1. The summed E-state index contributed by atoms with van der Waals surface area (Å²) in [6.07, 6.45) is 0. The van der Waals surface area contributed by atoms with Gasteiger partial charge in [-0.1, -0.05) is 30.3 Å². The molecule has 0 aliphatic carbocycles. The van der Waals surface area contributed by atoms with Gasteiger partial charge in [0.05, 0.1) is 5.69 Å². The van der Waals surface area contributed by atoms with Crippen LogP contribution in [0.5, 0.6) is 0 Å². The summed E-state index contributed by atoms with van der Waals surface area (Å²) in [6, 6.07) is 12.6. The summed E-state index contributed by atoms with van der Waals surface area (Å²) in [6.45, 7) is 2.99. The minimum atomic E-state index is 0.870. The molecule has 0 unspecified atom stereocenters. The summed E-state index contributed by atoms with van der Waals surface area (Å²) in [4.78, 5) is 2.15. The SMILES string of the molecule is CCN1/C(=N/N)c2cccc3cccc1c23. The number of rotatable bonds is 1. The number of hydrogen-bond donors (Lipinski definition) is 1. The summed E-state index contributed by atoms with van der Waals surface area (Å²) in [5.74, 6) is 6.37. The van der Waals surface area contributed by atoms with Crippen LogP contribution in [-0.2, 0) is 0 Å². The first-order chi connectivity index (χ1) is 7.86. The summed E-state index contributed by atoms with van der Waals surface area (Å²) < 4.78 is 0. The van der Waals surface area contributed by atoms with Gasteiger partial charge in [-0.3, -0.25) is 0 Å². The van der Waals surface area contributed by atoms with Crippen molar-refractivity contribution in [3.05, 3.63) is 42.0 Å². The molecule has 0 fully saturated rings. The van der Waals surface area contributed by atoms with Crippen LogP contribution in [0.15, 0.2) is 41.5 Å². The van der Waals surface area contributed by atoms with Gasteiger partial charge < -0.3 is 10.7 Å². The number of benzene rings is 2. The molecule has 1 aliphatic rings. The molecule has 1 heterocycles. The van der Waals surface area contributed by atoms with E-state index in [9.17, 15) is 0 Å². The first kappa shape index (κ1) is 9.21. The highest BCUT2D eigenvalue weighted by Gasteiger charge is 2.26. The molecule has 3 heteroatoms. The zero-order valence-corrected chi connectivity index (χ0v) is 9.14. The van der Waals surface area contributed by atoms with Crippen molar-refractivity contribution in [1.82, 2.24) is 0 Å². The van der Waals surface area contributed by atoms with Gasteiger partial charge in [-0.15, -0.1) is 0 Å². The summed E-state index contributed by atoms with van der Waals surface area (Å²) in [5, 5.41) is 6.43. The normalized spacial score (nSPS) is 16.3. The van der Waals surface area contributed by atoms with E-state index in [4.69, 9.17) is 5.84 Å². The molecule has 0 radical (unpaired) electrons. The molecule has 1 aliphatic heterocycles. The highest BCUT2D eigenvalue weighted by Crippen LogP contribution is 2.36. The van der Waals surface area contributed by atoms with Crippen molar-refractivity contribution in [2.24, 2.45) is 10.9 Å². The second kappa shape index (κ2) is 3.23. The van der Waals surface area contributed by atoms with Crippen LogP contribution >= 0.6 is 0 Å². The van der Waals surface area contributed by atoms with Crippen molar-refractivity contribution in [1.29, 1.82) is 0 Å². The van der Waals surface area contributed by atoms with Gasteiger partial charge in [0.1, 0.15) is 0 Å². The maximum absolute atomic E-state index is 5.50. The van der Waals surface area contributed by atoms with Gasteiger partial charge in [-0.25, -0.2) is 0 Å². The van der Waals surface area contributed by atoms with Gasteiger partial charge in [0.25, 0.3) is 0 Å². The van der Waals surface area contributed by atoms with E-state index in [0.29, 0.717) is 0 Å². The van der Waals surface area contributed by atoms with E-state index in [0.717, 1.165) is 17.9 Å². The molecule has 0 saturated carbocycles. The minimum absolute atomic E-state index is 0.870. The number of nitrogens with two attached hydrogens (primary N) is 1. The molecular weight excluding hydrogens is 198 g/mol. The number of nitrogens with zero attached hydrogens (tertiary/aromatic N) is 2. The fourth-order valence-corrected chi connectivity index (χ4v) is 2.45. The van der Waals surface area contributed by atoms with E-state index < -0.39 is 0 Å². The van der Waals surface area contributed by atoms with Gasteiger partial charge in [0.2, 0.25) is 0 Å². The molecule has 0 amide bonds. The Balaban J connectivity index is 2.43. The van der Waals surface area contributed by atoms with E-state index in [1.807, 2.05) is 6.07 Å². The van der Waals surface area contributed by atoms with Crippen molar-refractivity contribution >= 4 is 22.3 Å². The lowest BCUT2D eigenvalue weighted by atomic mass is 10.1. The predicted molar refractivity (Wildman–Crippen MR) is 67.7 cm³/mol. The second-order valence-corrected chi connectivity index (χ2v) is 3.88. The zero-order valence-electron chi connectivity index (χ0n) is 9.14. The lowest BCUT2D eigenvalue weighted by Gasteiger charge is -2.17. The van der Waals surface area contributed by atoms with Gasteiger partial charge in [0.15, 0.2) is 5.84 Å². The standard InChI is InChI=1S/C13H13N3/c1-2-16-11-8-4-6-9-5-3-7-10(12(9)11)13(16)15-14/h3-8H,2,14H2,1H3/b15-13+. The molecule has 0 saturated heterocycles. The van der Waals surface area contributed by atoms with E-state index in [1.165, 1.54) is 16.5 Å². The average molecular weight is 211 g/mol. The number of hydrogen-bond acceptors (Lipinski definition) is 2. The van der Waals surface area contributed by atoms with Crippen LogP contribution in [0.3, 0.4) is 0 Å². The largest absolute Gasteiger partial charge is 0.324 e. The maximum atomic E-state index is 5.50. The highest BCUT2D eigenvalue weighted by atomic mass is 15.3. The summed E-state index contributed by atoms with van der Waals surface area (Å²) in [5.41, 5.74) is 2.34. The third-order valence-corrected chi connectivity index (χ3v) is 3.11. The topological polar surface area (TPSA) is 41.6 Å². The van der Waals surface area contributed by atoms with Crippen molar-refractivity contribution in [3.8, 4) is 0 Å². The monoisotopic (exact) mass is 211 g/mol. The quantitative estimate of drug-likeness (QED) is 0.581. The molecule has 16 heavy (non-hydrogen) atoms. The van der Waals surface area contributed by atoms with Crippen LogP contribution in [0, 0.1) is 0 Å². The second-order valence-electron chi connectivity index (χ2n) is 3.88. The minimum Gasteiger partial charge on any atom is -0.324 e. The smallest absolute Gasteiger partial charge is 0.160 e. The molecule has 0 aromatic heterocycles. The molecule has 2 aromatic rings. The number of hydrazone groups is 1. The first-order valence-corrected chi connectivity index (χ1v) is 5.44. The van der Waals surface area contributed by atoms with Crippen molar-refractivity contribution in [3.63, 3.8) is 0 Å². The zero-order chi connectivity index (χ0) is 11.1. The van der Waals surface area contributed by atoms with Crippen molar-refractivity contribution < 1.29 is 0 Å². The van der Waals surface area contributed by atoms with E-state index in [-0.39, 0.29) is 0 Å². The van der Waals surface area contributed by atoms with E-state index in [1.54, 1.807) is 0 Å². The molecule has 3 nitrogen and oxygen atoms in total. The molecular formula is C13H13N3. The van der Waals surface area contributed by atoms with E-state index >= 15 is 0 Å². The van der Waals surface area contributed by atoms with Gasteiger partial charge in [-0.05, 0) is 18.4 Å². The fraction of sp³-hybridized carbons (Fsp3) is 0.154.